The van der Waals surface area contributed by atoms with E-state index in [4.69, 9.17) is 41.9 Å². The smallest absolute Gasteiger partial charge is 0.215 e. The van der Waals surface area contributed by atoms with Crippen LogP contribution in [0.3, 0.4) is 0 Å². The summed E-state index contributed by atoms with van der Waals surface area (Å²) in [6.45, 7) is 3.26. The van der Waals surface area contributed by atoms with Crippen molar-refractivity contribution in [2.75, 3.05) is 13.7 Å². The fourth-order valence-corrected chi connectivity index (χ4v) is 4.57. The predicted molar refractivity (Wildman–Crippen MR) is 115 cm³/mol. The SMILES string of the molecule is CN[C@@H]1[C@@H](O)[C@@H](O[C@@H]2[C@@H](O)[C@H](O[C@@H]3OC(C(C)N)=CC[C@@H]3N)[C@@H](N)C[C@H]2N)OC[C@]1(C)O. The number of aliphatic hydroxyl groups is 3. The van der Waals surface area contributed by atoms with Gasteiger partial charge in [-0.15, -0.1) is 0 Å². The molecule has 3 aliphatic rings. The third-order valence-corrected chi connectivity index (χ3v) is 6.43. The topological polar surface area (TPSA) is 214 Å². The van der Waals surface area contributed by atoms with Gasteiger partial charge in [-0.05, 0) is 39.8 Å². The van der Waals surface area contributed by atoms with E-state index in [1.54, 1.807) is 20.9 Å². The Balaban J connectivity index is 1.70. The van der Waals surface area contributed by atoms with Crippen LogP contribution in [-0.4, -0.2) is 102 Å². The number of likely N-dealkylation sites (N-methyl/N-ethyl adjacent to an activating group) is 1. The van der Waals surface area contributed by atoms with E-state index in [1.165, 1.54) is 0 Å². The Bertz CT molecular complexity index is 666. The van der Waals surface area contributed by atoms with E-state index in [9.17, 15) is 15.3 Å². The second-order valence-electron chi connectivity index (χ2n) is 9.33. The molecule has 0 bridgehead atoms. The van der Waals surface area contributed by atoms with Crippen molar-refractivity contribution in [1.29, 1.82) is 0 Å². The van der Waals surface area contributed by atoms with Crippen molar-refractivity contribution in [3.05, 3.63) is 11.8 Å². The number of hydrogen-bond donors (Lipinski definition) is 8. The van der Waals surface area contributed by atoms with Crippen molar-refractivity contribution < 1.29 is 34.3 Å². The zero-order valence-corrected chi connectivity index (χ0v) is 18.8. The maximum absolute atomic E-state index is 11.1. The van der Waals surface area contributed by atoms with Gasteiger partial charge in [0.2, 0.25) is 6.29 Å². The summed E-state index contributed by atoms with van der Waals surface area (Å²) in [5, 5.41) is 35.0. The summed E-state index contributed by atoms with van der Waals surface area (Å²) in [5.74, 6) is 0.559. The summed E-state index contributed by atoms with van der Waals surface area (Å²) in [7, 11) is 1.62. The molecule has 1 saturated heterocycles. The maximum Gasteiger partial charge on any atom is 0.215 e. The molecule has 0 radical (unpaired) electrons. The van der Waals surface area contributed by atoms with Gasteiger partial charge in [0.15, 0.2) is 6.29 Å². The third kappa shape index (κ3) is 5.26. The highest BCUT2D eigenvalue weighted by molar-refractivity contribution is 5.07. The van der Waals surface area contributed by atoms with Crippen molar-refractivity contribution in [3.8, 4) is 0 Å². The molecule has 0 aromatic rings. The van der Waals surface area contributed by atoms with E-state index in [0.29, 0.717) is 18.6 Å². The molecule has 32 heavy (non-hydrogen) atoms. The molecule has 1 saturated carbocycles. The van der Waals surface area contributed by atoms with Crippen LogP contribution in [-0.2, 0) is 18.9 Å². The van der Waals surface area contributed by atoms with Gasteiger partial charge in [0.1, 0.15) is 35.8 Å². The molecule has 1 aliphatic carbocycles. The van der Waals surface area contributed by atoms with Gasteiger partial charge in [-0.1, -0.05) is 0 Å². The third-order valence-electron chi connectivity index (χ3n) is 6.43. The Morgan fingerprint density at radius 1 is 1.09 bits per heavy atom. The molecule has 2 fully saturated rings. The number of aliphatic hydroxyl groups excluding tert-OH is 2. The Morgan fingerprint density at radius 2 is 1.69 bits per heavy atom. The summed E-state index contributed by atoms with van der Waals surface area (Å²) in [5.41, 5.74) is 23.2. The lowest BCUT2D eigenvalue weighted by atomic mass is 9.84. The number of hydrogen-bond acceptors (Lipinski definition) is 12. The molecule has 186 valence electrons. The van der Waals surface area contributed by atoms with E-state index in [1.807, 2.05) is 6.08 Å². The molecule has 0 amide bonds. The van der Waals surface area contributed by atoms with Crippen molar-refractivity contribution in [2.24, 2.45) is 22.9 Å². The first-order valence-electron chi connectivity index (χ1n) is 11.0. The maximum atomic E-state index is 11.1. The molecule has 12 atom stereocenters. The minimum atomic E-state index is -1.30. The highest BCUT2D eigenvalue weighted by Crippen LogP contribution is 2.31. The molecular formula is C20H39N5O7. The summed E-state index contributed by atoms with van der Waals surface area (Å²) in [6, 6.07) is -2.72. The lowest BCUT2D eigenvalue weighted by Gasteiger charge is -2.48. The lowest BCUT2D eigenvalue weighted by Crippen LogP contribution is -2.68. The molecular weight excluding hydrogens is 422 g/mol. The fourth-order valence-electron chi connectivity index (χ4n) is 4.57. The van der Waals surface area contributed by atoms with Crippen LogP contribution in [0.1, 0.15) is 26.7 Å². The first kappa shape index (κ1) is 25.7. The van der Waals surface area contributed by atoms with Gasteiger partial charge in [-0.2, -0.15) is 0 Å². The van der Waals surface area contributed by atoms with E-state index in [-0.39, 0.29) is 12.6 Å². The van der Waals surface area contributed by atoms with E-state index < -0.39 is 66.8 Å². The molecule has 0 spiro atoms. The summed E-state index contributed by atoms with van der Waals surface area (Å²) in [4.78, 5) is 0. The summed E-state index contributed by atoms with van der Waals surface area (Å²) in [6.07, 6.45) is -3.60. The molecule has 0 aromatic carbocycles. The van der Waals surface area contributed by atoms with Gasteiger partial charge in [0.05, 0.1) is 24.7 Å². The van der Waals surface area contributed by atoms with Crippen LogP contribution in [0.2, 0.25) is 0 Å². The van der Waals surface area contributed by atoms with Gasteiger partial charge in [-0.25, -0.2) is 0 Å². The van der Waals surface area contributed by atoms with Crippen LogP contribution >= 0.6 is 0 Å². The number of rotatable bonds is 6. The molecule has 3 rings (SSSR count). The number of nitrogens with one attached hydrogen (secondary N) is 1. The Kier molecular flexibility index (Phi) is 8.16. The monoisotopic (exact) mass is 461 g/mol. The lowest BCUT2D eigenvalue weighted by molar-refractivity contribution is -0.303. The van der Waals surface area contributed by atoms with Crippen molar-refractivity contribution >= 4 is 0 Å². The van der Waals surface area contributed by atoms with Crippen LogP contribution in [0.4, 0.5) is 0 Å². The van der Waals surface area contributed by atoms with E-state index in [0.717, 1.165) is 0 Å². The first-order chi connectivity index (χ1) is 15.0. The van der Waals surface area contributed by atoms with E-state index in [2.05, 4.69) is 5.32 Å². The second-order valence-corrected chi connectivity index (χ2v) is 9.33. The van der Waals surface area contributed by atoms with Gasteiger partial charge in [0.25, 0.3) is 0 Å². The summed E-state index contributed by atoms with van der Waals surface area (Å²) < 4.78 is 23.2. The molecule has 12 N–H and O–H groups in total. The van der Waals surface area contributed by atoms with E-state index >= 15 is 0 Å². The quantitative estimate of drug-likeness (QED) is 0.194. The minimum absolute atomic E-state index is 0.0745. The molecule has 2 heterocycles. The Morgan fingerprint density at radius 3 is 2.25 bits per heavy atom. The fraction of sp³-hybridized carbons (Fsp3) is 0.900. The van der Waals surface area contributed by atoms with Crippen molar-refractivity contribution in [1.82, 2.24) is 5.32 Å². The second kappa shape index (κ2) is 10.2. The molecule has 0 aromatic heterocycles. The number of ether oxygens (including phenoxy) is 4. The van der Waals surface area contributed by atoms with Gasteiger partial charge in [0, 0.05) is 12.1 Å². The van der Waals surface area contributed by atoms with Crippen LogP contribution in [0, 0.1) is 0 Å². The summed E-state index contributed by atoms with van der Waals surface area (Å²) >= 11 is 0. The largest absolute Gasteiger partial charge is 0.466 e. The van der Waals surface area contributed by atoms with Crippen molar-refractivity contribution in [2.45, 2.75) is 99.5 Å². The highest BCUT2D eigenvalue weighted by Gasteiger charge is 2.50. The van der Waals surface area contributed by atoms with Gasteiger partial charge >= 0.3 is 0 Å². The highest BCUT2D eigenvalue weighted by atomic mass is 16.7. The van der Waals surface area contributed by atoms with Gasteiger partial charge in [-0.3, -0.25) is 0 Å². The van der Waals surface area contributed by atoms with Gasteiger partial charge < -0.3 is 62.5 Å². The predicted octanol–water partition coefficient (Wildman–Crippen LogP) is -3.46. The Labute approximate surface area is 188 Å². The van der Waals surface area contributed by atoms with Crippen molar-refractivity contribution in [3.63, 3.8) is 0 Å². The number of nitrogens with two attached hydrogens (primary N) is 4. The van der Waals surface area contributed by atoms with Crippen LogP contribution in [0.5, 0.6) is 0 Å². The normalized spacial score (nSPS) is 48.6. The van der Waals surface area contributed by atoms with Crippen LogP contribution in [0.15, 0.2) is 11.8 Å². The Hall–Kier alpha value is -0.900. The average molecular weight is 462 g/mol. The molecule has 12 nitrogen and oxygen atoms in total. The molecule has 2 aliphatic heterocycles. The first-order valence-corrected chi connectivity index (χ1v) is 11.0. The standard InChI is InChI=1S/C20H39N5O7/c1-8(21)12-5-4-9(22)18(30-12)31-15-10(23)6-11(24)16(13(15)26)32-19-14(27)17(25-3)20(2,28)7-29-19/h5,8-11,13-19,25-28H,4,6-7,21-24H2,1-3H3/t8?,9-,10-,11+,13-,14+,15+,16-,17+,18-,19+,20-/m0/s1. The molecule has 12 heteroatoms. The zero-order valence-electron chi connectivity index (χ0n) is 18.8. The average Bonchev–Trinajstić information content (AvgIpc) is 2.71. The van der Waals surface area contributed by atoms with Crippen LogP contribution in [0.25, 0.3) is 0 Å². The van der Waals surface area contributed by atoms with Crippen LogP contribution < -0.4 is 28.3 Å². The zero-order chi connectivity index (χ0) is 23.8. The minimum Gasteiger partial charge on any atom is -0.466 e. The molecule has 1 unspecified atom stereocenters.